The van der Waals surface area contributed by atoms with E-state index < -0.39 is 6.04 Å². The number of rotatable bonds is 4. The van der Waals surface area contributed by atoms with Crippen molar-refractivity contribution in [1.29, 1.82) is 0 Å². The van der Waals surface area contributed by atoms with E-state index >= 15 is 0 Å². The van der Waals surface area contributed by atoms with Crippen LogP contribution >= 0.6 is 0 Å². The third kappa shape index (κ3) is 4.86. The van der Waals surface area contributed by atoms with Crippen molar-refractivity contribution in [3.63, 3.8) is 0 Å². The molecule has 1 fully saturated rings. The van der Waals surface area contributed by atoms with Gasteiger partial charge < -0.3 is 15.1 Å². The fourth-order valence-corrected chi connectivity index (χ4v) is 2.60. The van der Waals surface area contributed by atoms with E-state index in [1.165, 1.54) is 33.2 Å². The molecular weight excluding hydrogens is 282 g/mol. The van der Waals surface area contributed by atoms with Crippen LogP contribution in [0.5, 0.6) is 0 Å². The van der Waals surface area contributed by atoms with Crippen LogP contribution in [-0.4, -0.2) is 23.8 Å². The molecule has 1 saturated carbocycles. The van der Waals surface area contributed by atoms with Crippen LogP contribution in [0.4, 0.5) is 0 Å². The van der Waals surface area contributed by atoms with Crippen LogP contribution in [0.3, 0.4) is 0 Å². The van der Waals surface area contributed by atoms with Gasteiger partial charge in [-0.15, -0.1) is 0 Å². The van der Waals surface area contributed by atoms with Crippen LogP contribution in [0.1, 0.15) is 79.3 Å². The maximum atomic E-state index is 11.8. The van der Waals surface area contributed by atoms with Gasteiger partial charge in [0.25, 0.3) is 5.91 Å². The Bertz CT molecular complexity index is 489. The molecule has 1 aliphatic carbocycles. The summed E-state index contributed by atoms with van der Waals surface area (Å²) in [5.41, 5.74) is 0. The van der Waals surface area contributed by atoms with Gasteiger partial charge in [-0.05, 0) is 12.8 Å². The fourth-order valence-electron chi connectivity index (χ4n) is 2.60. The number of hydrogen-bond donors (Lipinski definition) is 2. The molecule has 0 bridgehead atoms. The van der Waals surface area contributed by atoms with Gasteiger partial charge in [0.1, 0.15) is 5.76 Å². The first-order valence-electron chi connectivity index (χ1n) is 8.06. The minimum absolute atomic E-state index is 0. The van der Waals surface area contributed by atoms with Gasteiger partial charge in [-0.1, -0.05) is 33.1 Å². The first-order valence-corrected chi connectivity index (χ1v) is 8.06. The molecule has 22 heavy (non-hydrogen) atoms. The molecule has 1 unspecified atom stereocenters. The number of likely N-dealkylation sites (N-methyl/N-ethyl adjacent to an activating group) is 1. The molecule has 2 N–H and O–H groups in total. The Hall–Kier alpha value is -1.85. The lowest BCUT2D eigenvalue weighted by Crippen LogP contribution is -2.38. The number of oxazole rings is 1. The largest absolute Gasteiger partial charge is 0.443 e. The predicted molar refractivity (Wildman–Crippen MR) is 88.5 cm³/mol. The summed E-state index contributed by atoms with van der Waals surface area (Å²) in [5.74, 6) is 0.819. The van der Waals surface area contributed by atoms with Gasteiger partial charge in [0.2, 0.25) is 11.8 Å². The highest BCUT2D eigenvalue weighted by molar-refractivity contribution is 5.86. The lowest BCUT2D eigenvalue weighted by Gasteiger charge is -2.19. The van der Waals surface area contributed by atoms with Crippen molar-refractivity contribution in [1.82, 2.24) is 15.6 Å². The molecule has 128 valence electrons. The lowest BCUT2D eigenvalue weighted by atomic mass is 9.88. The van der Waals surface area contributed by atoms with Crippen molar-refractivity contribution >= 4 is 11.8 Å². The van der Waals surface area contributed by atoms with Crippen molar-refractivity contribution in [2.24, 2.45) is 0 Å². The van der Waals surface area contributed by atoms with E-state index in [9.17, 15) is 9.59 Å². The van der Waals surface area contributed by atoms with Crippen LogP contribution < -0.4 is 10.6 Å². The Balaban J connectivity index is 0. The predicted octanol–water partition coefficient (Wildman–Crippen LogP) is 3.16. The number of aromatic nitrogens is 1. The zero-order valence-electron chi connectivity index (χ0n) is 13.9. The first-order chi connectivity index (χ1) is 10.6. The van der Waals surface area contributed by atoms with E-state index in [2.05, 4.69) is 15.6 Å². The van der Waals surface area contributed by atoms with E-state index in [0.717, 1.165) is 18.6 Å². The van der Waals surface area contributed by atoms with Crippen molar-refractivity contribution in [2.75, 3.05) is 7.05 Å². The molecule has 1 heterocycles. The maximum Gasteiger partial charge on any atom is 0.252 e. The van der Waals surface area contributed by atoms with Gasteiger partial charge >= 0.3 is 0 Å². The summed E-state index contributed by atoms with van der Waals surface area (Å²) in [5, 5.41) is 5.06. The number of nitrogens with one attached hydrogen (secondary N) is 2. The molecule has 1 aliphatic rings. The van der Waals surface area contributed by atoms with Crippen molar-refractivity contribution in [3.05, 3.63) is 17.8 Å². The number of amides is 2. The van der Waals surface area contributed by atoms with Gasteiger partial charge in [0.05, 0.1) is 6.20 Å². The van der Waals surface area contributed by atoms with Crippen LogP contribution in [0.25, 0.3) is 0 Å². The third-order valence-electron chi connectivity index (χ3n) is 3.65. The second-order valence-corrected chi connectivity index (χ2v) is 5.18. The summed E-state index contributed by atoms with van der Waals surface area (Å²) in [4.78, 5) is 27.2. The molecule has 0 saturated heterocycles. The smallest absolute Gasteiger partial charge is 0.252 e. The summed E-state index contributed by atoms with van der Waals surface area (Å²) >= 11 is 0. The number of carbonyl (C=O) groups is 2. The maximum absolute atomic E-state index is 11.8. The van der Waals surface area contributed by atoms with Gasteiger partial charge in [0, 0.05) is 22.7 Å². The Morgan fingerprint density at radius 2 is 1.95 bits per heavy atom. The van der Waals surface area contributed by atoms with E-state index in [1.54, 1.807) is 6.20 Å². The fraction of sp³-hybridized carbons (Fsp3) is 0.688. The molecular formula is C16H31N3O3. The van der Waals surface area contributed by atoms with Gasteiger partial charge in [-0.3, -0.25) is 9.59 Å². The molecule has 0 radical (unpaired) electrons. The highest BCUT2D eigenvalue weighted by Crippen LogP contribution is 2.33. The topological polar surface area (TPSA) is 84.2 Å². The zero-order valence-corrected chi connectivity index (χ0v) is 13.9. The highest BCUT2D eigenvalue weighted by Gasteiger charge is 2.27. The van der Waals surface area contributed by atoms with Crippen LogP contribution in [0.2, 0.25) is 0 Å². The van der Waals surface area contributed by atoms with Crippen LogP contribution in [0.15, 0.2) is 10.6 Å². The molecule has 1 aromatic rings. The van der Waals surface area contributed by atoms with Crippen LogP contribution in [-0.2, 0) is 9.59 Å². The normalized spacial score (nSPS) is 16.2. The van der Waals surface area contributed by atoms with Crippen molar-refractivity contribution in [3.8, 4) is 0 Å². The summed E-state index contributed by atoms with van der Waals surface area (Å²) in [6, 6.07) is -0.866. The Kier molecular flexibility index (Phi) is 7.63. The Morgan fingerprint density at radius 1 is 1.32 bits per heavy atom. The molecule has 1 atom stereocenters. The molecule has 2 amide bonds. The van der Waals surface area contributed by atoms with Crippen molar-refractivity contribution < 1.29 is 16.9 Å². The summed E-state index contributed by atoms with van der Waals surface area (Å²) in [6.07, 6.45) is 7.54. The summed E-state index contributed by atoms with van der Waals surface area (Å²) in [6.45, 7) is 5.36. The monoisotopic (exact) mass is 313 g/mol. The van der Waals surface area contributed by atoms with E-state index in [-0.39, 0.29) is 20.6 Å². The average Bonchev–Trinajstić information content (AvgIpc) is 3.04. The molecule has 0 aliphatic heterocycles. The minimum atomic E-state index is -0.866. The van der Waals surface area contributed by atoms with E-state index in [0.29, 0.717) is 5.92 Å². The molecule has 0 aromatic carbocycles. The third-order valence-corrected chi connectivity index (χ3v) is 3.65. The quantitative estimate of drug-likeness (QED) is 0.894. The van der Waals surface area contributed by atoms with Crippen molar-refractivity contribution in [2.45, 2.75) is 64.8 Å². The second-order valence-electron chi connectivity index (χ2n) is 5.18. The van der Waals surface area contributed by atoms with Gasteiger partial charge in [-0.25, -0.2) is 4.98 Å². The zero-order chi connectivity index (χ0) is 16.5. The number of nitrogens with zero attached hydrogens (tertiary/aromatic N) is 1. The number of hydrogen-bond acceptors (Lipinski definition) is 4. The standard InChI is InChI=1S/C14H21N3O3.C2H6.2H2/c1-9(18)17-12(13(19)15-2)14-16-8-11(20-14)10-6-4-3-5-7-10;1-2;;/h8,10,12H,3-7H2,1-2H3,(H,15,19)(H,17,18);1-2H3;2*1H. The second kappa shape index (κ2) is 9.23. The van der Waals surface area contributed by atoms with E-state index in [4.69, 9.17) is 4.42 Å². The lowest BCUT2D eigenvalue weighted by molar-refractivity contribution is -0.128. The van der Waals surface area contributed by atoms with Gasteiger partial charge in [0.15, 0.2) is 6.04 Å². The molecule has 6 heteroatoms. The van der Waals surface area contributed by atoms with Crippen LogP contribution in [0, 0.1) is 0 Å². The molecule has 2 rings (SSSR count). The average molecular weight is 313 g/mol. The summed E-state index contributed by atoms with van der Waals surface area (Å²) < 4.78 is 5.72. The molecule has 6 nitrogen and oxygen atoms in total. The summed E-state index contributed by atoms with van der Waals surface area (Å²) in [7, 11) is 1.52. The highest BCUT2D eigenvalue weighted by atomic mass is 16.4. The van der Waals surface area contributed by atoms with E-state index in [1.807, 2.05) is 13.8 Å². The Labute approximate surface area is 135 Å². The minimum Gasteiger partial charge on any atom is -0.443 e. The Morgan fingerprint density at radius 3 is 2.50 bits per heavy atom. The SMILES string of the molecule is CC.CNC(=O)C(NC(C)=O)c1ncc(C2CCCCC2)o1.[HH].[HH]. The first kappa shape index (κ1) is 18.2. The van der Waals surface area contributed by atoms with Gasteiger partial charge in [-0.2, -0.15) is 0 Å². The number of carbonyl (C=O) groups excluding carboxylic acids is 2. The molecule has 1 aromatic heterocycles. The molecule has 0 spiro atoms.